The maximum atomic E-state index is 12.2. The van der Waals surface area contributed by atoms with Crippen LogP contribution in [0.2, 0.25) is 0 Å². The Morgan fingerprint density at radius 1 is 1.41 bits per heavy atom. The Morgan fingerprint density at radius 3 is 2.82 bits per heavy atom. The summed E-state index contributed by atoms with van der Waals surface area (Å²) in [5.41, 5.74) is 0.246. The van der Waals surface area contributed by atoms with E-state index >= 15 is 0 Å². The third kappa shape index (κ3) is 3.84. The van der Waals surface area contributed by atoms with E-state index in [9.17, 15) is 19.5 Å². The maximum absolute atomic E-state index is 12.2. The summed E-state index contributed by atoms with van der Waals surface area (Å²) in [6.07, 6.45) is 2.18. The molecule has 0 aliphatic heterocycles. The van der Waals surface area contributed by atoms with Crippen LogP contribution in [0.4, 0.5) is 0 Å². The summed E-state index contributed by atoms with van der Waals surface area (Å²) in [7, 11) is 1.25. The fourth-order valence-electron chi connectivity index (χ4n) is 2.71. The number of amides is 1. The zero-order valence-corrected chi connectivity index (χ0v) is 12.4. The number of esters is 1. The summed E-state index contributed by atoms with van der Waals surface area (Å²) in [5, 5.41) is 12.0. The van der Waals surface area contributed by atoms with E-state index in [0.717, 1.165) is 0 Å². The summed E-state index contributed by atoms with van der Waals surface area (Å²) in [6, 6.07) is 4.99. The predicted octanol–water partition coefficient (Wildman–Crippen LogP) is 1.42. The van der Waals surface area contributed by atoms with E-state index in [1.54, 1.807) is 6.07 Å². The molecule has 22 heavy (non-hydrogen) atoms. The van der Waals surface area contributed by atoms with Crippen molar-refractivity contribution in [3.8, 4) is 5.75 Å². The lowest BCUT2D eigenvalue weighted by atomic mass is 9.83. The second kappa shape index (κ2) is 7.06. The van der Waals surface area contributed by atoms with Crippen molar-refractivity contribution in [2.45, 2.75) is 31.7 Å². The lowest BCUT2D eigenvalue weighted by Gasteiger charge is -2.28. The van der Waals surface area contributed by atoms with Crippen LogP contribution in [0.1, 0.15) is 36.0 Å². The van der Waals surface area contributed by atoms with Gasteiger partial charge in [-0.05, 0) is 37.0 Å². The highest BCUT2D eigenvalue weighted by Crippen LogP contribution is 2.25. The number of benzene rings is 1. The van der Waals surface area contributed by atoms with E-state index in [4.69, 9.17) is 4.74 Å². The highest BCUT2D eigenvalue weighted by molar-refractivity contribution is 5.97. The van der Waals surface area contributed by atoms with Crippen LogP contribution in [0, 0.1) is 5.92 Å². The molecule has 1 aliphatic rings. The van der Waals surface area contributed by atoms with E-state index < -0.39 is 17.9 Å². The molecule has 0 heterocycles. The Kier molecular flexibility index (Phi) is 5.14. The molecule has 1 aromatic carbocycles. The largest absolute Gasteiger partial charge is 0.508 e. The number of phenols is 1. The second-order valence-electron chi connectivity index (χ2n) is 5.42. The lowest BCUT2D eigenvalue weighted by Crippen LogP contribution is -2.48. The topological polar surface area (TPSA) is 92.7 Å². The molecule has 0 unspecified atom stereocenters. The van der Waals surface area contributed by atoms with Gasteiger partial charge in [0.05, 0.1) is 7.11 Å². The van der Waals surface area contributed by atoms with E-state index in [1.165, 1.54) is 25.3 Å². The minimum absolute atomic E-state index is 0.0323. The van der Waals surface area contributed by atoms with Crippen molar-refractivity contribution in [2.24, 2.45) is 5.92 Å². The Balaban J connectivity index is 2.14. The second-order valence-corrected chi connectivity index (χ2v) is 5.42. The van der Waals surface area contributed by atoms with Crippen LogP contribution < -0.4 is 5.32 Å². The van der Waals surface area contributed by atoms with Gasteiger partial charge in [-0.1, -0.05) is 6.07 Å². The SMILES string of the molecule is COC(=O)[C@@H](NC(=O)c1cccc(O)c1)[C@@H]1CCCC(=O)C1. The number of ketones is 1. The Hall–Kier alpha value is -2.37. The molecule has 1 aromatic rings. The average Bonchev–Trinajstić information content (AvgIpc) is 2.51. The van der Waals surface area contributed by atoms with Gasteiger partial charge in [0.15, 0.2) is 0 Å². The number of aromatic hydroxyl groups is 1. The number of nitrogens with one attached hydrogen (secondary N) is 1. The fraction of sp³-hybridized carbons (Fsp3) is 0.438. The molecule has 1 fully saturated rings. The molecule has 0 aromatic heterocycles. The zero-order valence-electron chi connectivity index (χ0n) is 12.4. The molecule has 2 N–H and O–H groups in total. The molecule has 1 amide bonds. The van der Waals surface area contributed by atoms with Gasteiger partial charge < -0.3 is 15.2 Å². The molecule has 2 rings (SSSR count). The van der Waals surface area contributed by atoms with E-state index in [0.29, 0.717) is 19.3 Å². The molecule has 0 radical (unpaired) electrons. The maximum Gasteiger partial charge on any atom is 0.328 e. The van der Waals surface area contributed by atoms with Gasteiger partial charge in [0.2, 0.25) is 0 Å². The minimum Gasteiger partial charge on any atom is -0.508 e. The predicted molar refractivity (Wildman–Crippen MR) is 78.3 cm³/mol. The summed E-state index contributed by atoms with van der Waals surface area (Å²) >= 11 is 0. The van der Waals surface area contributed by atoms with Gasteiger partial charge in [0.25, 0.3) is 5.91 Å². The monoisotopic (exact) mass is 305 g/mol. The number of carbonyl (C=O) groups excluding carboxylic acids is 3. The molecule has 0 bridgehead atoms. The molecule has 118 valence electrons. The van der Waals surface area contributed by atoms with Crippen molar-refractivity contribution < 1.29 is 24.2 Å². The van der Waals surface area contributed by atoms with E-state index in [1.807, 2.05) is 0 Å². The van der Waals surface area contributed by atoms with Crippen LogP contribution in [0.15, 0.2) is 24.3 Å². The number of phenolic OH excluding ortho intramolecular Hbond substituents is 1. The fourth-order valence-corrected chi connectivity index (χ4v) is 2.71. The first-order chi connectivity index (χ1) is 10.5. The third-order valence-corrected chi connectivity index (χ3v) is 3.84. The molecule has 6 nitrogen and oxygen atoms in total. The first-order valence-corrected chi connectivity index (χ1v) is 7.20. The third-order valence-electron chi connectivity index (χ3n) is 3.84. The zero-order chi connectivity index (χ0) is 16.1. The number of methoxy groups -OCH3 is 1. The van der Waals surface area contributed by atoms with Crippen molar-refractivity contribution in [1.29, 1.82) is 0 Å². The number of carbonyl (C=O) groups is 3. The van der Waals surface area contributed by atoms with Gasteiger partial charge in [0, 0.05) is 18.4 Å². The molecule has 0 spiro atoms. The van der Waals surface area contributed by atoms with Crippen molar-refractivity contribution >= 4 is 17.7 Å². The number of hydrogen-bond donors (Lipinski definition) is 2. The van der Waals surface area contributed by atoms with Gasteiger partial charge in [-0.15, -0.1) is 0 Å². The van der Waals surface area contributed by atoms with Crippen LogP contribution in [0.25, 0.3) is 0 Å². The first kappa shape index (κ1) is 16.0. The Bertz CT molecular complexity index is 584. The van der Waals surface area contributed by atoms with Gasteiger partial charge in [-0.3, -0.25) is 9.59 Å². The van der Waals surface area contributed by atoms with Gasteiger partial charge in [-0.2, -0.15) is 0 Å². The molecule has 6 heteroatoms. The van der Waals surface area contributed by atoms with Crippen molar-refractivity contribution in [3.63, 3.8) is 0 Å². The van der Waals surface area contributed by atoms with Crippen molar-refractivity contribution in [1.82, 2.24) is 5.32 Å². The summed E-state index contributed by atoms with van der Waals surface area (Å²) in [4.78, 5) is 35.8. The quantitative estimate of drug-likeness (QED) is 0.821. The Morgan fingerprint density at radius 2 is 2.18 bits per heavy atom. The molecule has 2 atom stereocenters. The molecular weight excluding hydrogens is 286 g/mol. The molecule has 0 saturated heterocycles. The van der Waals surface area contributed by atoms with Crippen LogP contribution in [0.5, 0.6) is 5.75 Å². The van der Waals surface area contributed by atoms with E-state index in [-0.39, 0.29) is 29.4 Å². The number of rotatable bonds is 4. The minimum atomic E-state index is -0.857. The molecular formula is C16H19NO5. The van der Waals surface area contributed by atoms with E-state index in [2.05, 4.69) is 5.32 Å². The highest BCUT2D eigenvalue weighted by atomic mass is 16.5. The highest BCUT2D eigenvalue weighted by Gasteiger charge is 2.34. The first-order valence-electron chi connectivity index (χ1n) is 7.20. The van der Waals surface area contributed by atoms with Gasteiger partial charge >= 0.3 is 5.97 Å². The lowest BCUT2D eigenvalue weighted by molar-refractivity contribution is -0.145. The van der Waals surface area contributed by atoms with Crippen molar-refractivity contribution in [3.05, 3.63) is 29.8 Å². The molecule has 1 aliphatic carbocycles. The number of Topliss-reactive ketones (excluding diaryl/α,β-unsaturated/α-hetero) is 1. The standard InChI is InChI=1S/C16H19NO5/c1-22-16(21)14(10-4-2-6-12(18)8-10)17-15(20)11-5-3-7-13(19)9-11/h3,5,7,9-10,14,19H,2,4,6,8H2,1H3,(H,17,20)/t10-,14+/m1/s1. The summed E-state index contributed by atoms with van der Waals surface area (Å²) < 4.78 is 4.75. The van der Waals surface area contributed by atoms with Crippen molar-refractivity contribution in [2.75, 3.05) is 7.11 Å². The Labute approximate surface area is 128 Å². The van der Waals surface area contributed by atoms with Crippen LogP contribution in [-0.2, 0) is 14.3 Å². The normalized spacial score (nSPS) is 19.3. The van der Waals surface area contributed by atoms with Crippen LogP contribution >= 0.6 is 0 Å². The smallest absolute Gasteiger partial charge is 0.328 e. The summed E-state index contributed by atoms with van der Waals surface area (Å²) in [5.74, 6) is -1.24. The van der Waals surface area contributed by atoms with Crippen LogP contribution in [0.3, 0.4) is 0 Å². The molecule has 1 saturated carbocycles. The average molecular weight is 305 g/mol. The van der Waals surface area contributed by atoms with Crippen LogP contribution in [-0.4, -0.2) is 35.9 Å². The summed E-state index contributed by atoms with van der Waals surface area (Å²) in [6.45, 7) is 0. The van der Waals surface area contributed by atoms with Gasteiger partial charge in [0.1, 0.15) is 17.6 Å². The number of hydrogen-bond acceptors (Lipinski definition) is 5. The number of ether oxygens (including phenoxy) is 1. The van der Waals surface area contributed by atoms with Gasteiger partial charge in [-0.25, -0.2) is 4.79 Å².